The molecule has 0 saturated heterocycles. The molecule has 23 heteroatoms. The van der Waals surface area contributed by atoms with Crippen LogP contribution in [0.5, 0.6) is 0 Å². The maximum absolute atomic E-state index is 11.2. The average molecular weight is 1210 g/mol. The normalized spacial score (nSPS) is 10.8. The second-order valence-electron chi connectivity index (χ2n) is 16.8. The van der Waals surface area contributed by atoms with Crippen LogP contribution in [-0.4, -0.2) is 60.1 Å². The minimum atomic E-state index is -0.316. The van der Waals surface area contributed by atoms with E-state index in [0.29, 0.717) is 42.8 Å². The Bertz CT molecular complexity index is 3120. The van der Waals surface area contributed by atoms with Gasteiger partial charge in [0.1, 0.15) is 0 Å². The minimum absolute atomic E-state index is 0.203. The Kier molecular flexibility index (Phi) is 18.2. The van der Waals surface area contributed by atoms with Crippen LogP contribution in [0.2, 0.25) is 0 Å². The number of hydrogen-bond acceptors (Lipinski definition) is 12. The summed E-state index contributed by atoms with van der Waals surface area (Å²) in [6.45, 7) is 32.1. The zero-order valence-corrected chi connectivity index (χ0v) is 47.4. The standard InChI is InChI=1S/C13H17N3O2.3C11H13N3O2.2HI.V/c1-6-15-13-8(3)7(2)12(16(17)18)9(4)11(13)10(5)14-15;3*1-5-6(2)11(14(15)16)7(3)9-8(4)12-13-10(5)9;;;/h6H2,1-5H3;3*1-4H3,(H,12,13);2*1H;/q;;;;;;+2/p-2. The molecule has 0 unspecified atom stereocenters. The van der Waals surface area contributed by atoms with Gasteiger partial charge in [-0.1, -0.05) is 0 Å². The second kappa shape index (κ2) is 22.4. The van der Waals surface area contributed by atoms with E-state index < -0.39 is 0 Å². The number of rotatable bonds is 5. The first kappa shape index (κ1) is 56.0. The Morgan fingerprint density at radius 3 is 0.928 bits per heavy atom. The molecule has 0 radical (unpaired) electrons. The van der Waals surface area contributed by atoms with Crippen molar-refractivity contribution in [1.82, 2.24) is 40.4 Å². The van der Waals surface area contributed by atoms with Gasteiger partial charge in [0, 0.05) is 89.7 Å². The summed E-state index contributed by atoms with van der Waals surface area (Å²) >= 11 is 4.74. The number of hydrogen-bond donors (Lipinski definition) is 3. The zero-order valence-electron chi connectivity index (χ0n) is 41.7. The van der Waals surface area contributed by atoms with Crippen LogP contribution in [0.3, 0.4) is 0 Å². The molecule has 0 amide bonds. The summed E-state index contributed by atoms with van der Waals surface area (Å²) < 4.78 is 1.92. The van der Waals surface area contributed by atoms with Crippen molar-refractivity contribution in [2.75, 3.05) is 0 Å². The van der Waals surface area contributed by atoms with Crippen molar-refractivity contribution < 1.29 is 29.2 Å². The van der Waals surface area contributed by atoms with Gasteiger partial charge < -0.3 is 0 Å². The van der Waals surface area contributed by atoms with Crippen LogP contribution >= 0.6 is 40.0 Å². The van der Waals surface area contributed by atoms with Gasteiger partial charge in [-0.2, -0.15) is 20.4 Å². The fraction of sp³-hybridized carbons (Fsp3) is 0.391. The molecule has 367 valence electrons. The molecule has 0 aliphatic heterocycles. The van der Waals surface area contributed by atoms with Crippen LogP contribution in [0.1, 0.15) is 96.5 Å². The van der Waals surface area contributed by atoms with Crippen molar-refractivity contribution >= 4 is 106 Å². The maximum atomic E-state index is 11.2. The van der Waals surface area contributed by atoms with Gasteiger partial charge in [-0.15, -0.1) is 0 Å². The monoisotopic (exact) mass is 1210 g/mol. The van der Waals surface area contributed by atoms with E-state index in [1.807, 2.05) is 80.8 Å². The second-order valence-corrected chi connectivity index (χ2v) is 28.6. The number of aromatic amines is 3. The quantitative estimate of drug-likeness (QED) is 0.0824. The summed E-state index contributed by atoms with van der Waals surface area (Å²) in [6, 6.07) is 0. The third kappa shape index (κ3) is 10.5. The third-order valence-electron chi connectivity index (χ3n) is 13.0. The van der Waals surface area contributed by atoms with Gasteiger partial charge in [-0.3, -0.25) is 60.4 Å². The van der Waals surface area contributed by atoms with E-state index in [0.717, 1.165) is 106 Å². The fourth-order valence-electron chi connectivity index (χ4n) is 9.23. The molecule has 0 fully saturated rings. The van der Waals surface area contributed by atoms with Crippen LogP contribution in [0, 0.1) is 151 Å². The molecule has 4 aromatic carbocycles. The van der Waals surface area contributed by atoms with Crippen molar-refractivity contribution in [2.24, 2.45) is 0 Å². The molecule has 0 bridgehead atoms. The summed E-state index contributed by atoms with van der Waals surface area (Å²) in [7, 11) is 0.628. The Labute approximate surface area is 427 Å². The van der Waals surface area contributed by atoms with Gasteiger partial charge in [0.05, 0.1) is 47.5 Å². The first-order chi connectivity index (χ1) is 32.2. The van der Waals surface area contributed by atoms with E-state index in [2.05, 4.69) is 75.6 Å². The molecule has 0 aliphatic carbocycles. The van der Waals surface area contributed by atoms with E-state index in [1.165, 1.54) is 0 Å². The molecule has 69 heavy (non-hydrogen) atoms. The predicted molar refractivity (Wildman–Crippen MR) is 284 cm³/mol. The number of H-pyrrole nitrogens is 3. The van der Waals surface area contributed by atoms with Crippen molar-refractivity contribution in [3.8, 4) is 0 Å². The van der Waals surface area contributed by atoms with Crippen LogP contribution in [-0.2, 0) is 16.0 Å². The Morgan fingerprint density at radius 2 is 0.681 bits per heavy atom. The molecular weight excluding hydrogens is 1150 g/mol. The number of nitrogens with one attached hydrogen (secondary N) is 3. The van der Waals surface area contributed by atoms with E-state index in [1.54, 1.807) is 41.5 Å². The number of fused-ring (bicyclic) bond motifs is 4. The summed E-state index contributed by atoms with van der Waals surface area (Å²) in [5, 5.41) is 73.6. The van der Waals surface area contributed by atoms with Crippen molar-refractivity contribution in [2.45, 2.75) is 124 Å². The van der Waals surface area contributed by atoms with E-state index in [9.17, 15) is 40.5 Å². The van der Waals surface area contributed by atoms with Crippen LogP contribution in [0.15, 0.2) is 0 Å². The molecule has 0 aliphatic rings. The number of nitro benzene ring substituents is 4. The van der Waals surface area contributed by atoms with Crippen molar-refractivity contribution in [3.05, 3.63) is 130 Å². The van der Waals surface area contributed by atoms with E-state index in [4.69, 9.17) is 0 Å². The van der Waals surface area contributed by atoms with Crippen LogP contribution in [0.25, 0.3) is 43.6 Å². The molecule has 8 rings (SSSR count). The number of halogens is 2. The average Bonchev–Trinajstić information content (AvgIpc) is 4.05. The Balaban J connectivity index is 0.000000197. The molecule has 0 spiro atoms. The van der Waals surface area contributed by atoms with Gasteiger partial charge in [0.15, 0.2) is 0 Å². The van der Waals surface area contributed by atoms with E-state index >= 15 is 0 Å². The third-order valence-corrected chi connectivity index (χ3v) is 13.0. The number of nitrogens with zero attached hydrogens (tertiary/aromatic N) is 9. The Hall–Kier alpha value is -5.60. The Morgan fingerprint density at radius 1 is 0.435 bits per heavy atom. The van der Waals surface area contributed by atoms with Gasteiger partial charge >= 0.3 is 49.4 Å². The molecule has 4 heterocycles. The first-order valence-electron chi connectivity index (χ1n) is 21.5. The number of aromatic nitrogens is 8. The molecule has 0 atom stereocenters. The first-order valence-corrected chi connectivity index (χ1v) is 30.5. The van der Waals surface area contributed by atoms with E-state index in [-0.39, 0.29) is 42.4 Å². The summed E-state index contributed by atoms with van der Waals surface area (Å²) in [4.78, 5) is 43.1. The van der Waals surface area contributed by atoms with Crippen molar-refractivity contribution in [3.63, 3.8) is 0 Å². The van der Waals surface area contributed by atoms with Crippen molar-refractivity contribution in [1.29, 1.82) is 0 Å². The topological polar surface area (TPSA) is 276 Å². The van der Waals surface area contributed by atoms with Gasteiger partial charge in [0.2, 0.25) is 0 Å². The predicted octanol–water partition coefficient (Wildman–Crippen LogP) is 13.1. The van der Waals surface area contributed by atoms with Crippen LogP contribution < -0.4 is 0 Å². The molecular formula is C46H56I2N12O8V. The molecule has 20 nitrogen and oxygen atoms in total. The zero-order chi connectivity index (χ0) is 52.4. The molecule has 3 N–H and O–H groups in total. The number of benzene rings is 4. The fourth-order valence-corrected chi connectivity index (χ4v) is 9.23. The van der Waals surface area contributed by atoms with Gasteiger partial charge in [-0.25, -0.2) is 0 Å². The number of aryl methyl sites for hydroxylation is 13. The summed E-state index contributed by atoms with van der Waals surface area (Å²) in [5.41, 5.74) is 17.0. The summed E-state index contributed by atoms with van der Waals surface area (Å²) in [5.74, 6) is 0. The SMILES string of the molecule is CCn1nc(C)c2c(C)c([N+](=O)[O-])c(C)c(C)c21.Cc1c([N+](=O)[O-])c(C)c2c(C)[nH]nc2c1C.Cc1c([N+](=O)[O-])c(C)c2c(C)[nH]nc2c1C.Cc1c([N+](=O)[O-])c(C)c2c(C)[nH]nc2c1C.[I][V][I]. The summed E-state index contributed by atoms with van der Waals surface area (Å²) in [6.07, 6.45) is 0. The molecule has 0 saturated carbocycles. The molecule has 8 aromatic rings. The van der Waals surface area contributed by atoms with Gasteiger partial charge in [-0.05, 0) is 140 Å². The van der Waals surface area contributed by atoms with Gasteiger partial charge in [0.25, 0.3) is 22.7 Å². The number of nitro groups is 4. The van der Waals surface area contributed by atoms with Crippen LogP contribution in [0.4, 0.5) is 22.7 Å². The molecule has 4 aromatic heterocycles.